The molecule has 6 nitrogen and oxygen atoms in total. The molecule has 0 bridgehead atoms. The minimum Gasteiger partial charge on any atom is -0.477 e. The number of nitrogens with zero attached hydrogens (tertiary/aromatic N) is 1. The van der Waals surface area contributed by atoms with E-state index in [1.54, 1.807) is 0 Å². The minimum atomic E-state index is -1.39. The van der Waals surface area contributed by atoms with Crippen molar-refractivity contribution in [2.24, 2.45) is 0 Å². The Balaban J connectivity index is 2.85. The molecule has 0 unspecified atom stereocenters. The summed E-state index contributed by atoms with van der Waals surface area (Å²) < 4.78 is 15.6. The molecule has 0 saturated heterocycles. The summed E-state index contributed by atoms with van der Waals surface area (Å²) in [6, 6.07) is 2.66. The molecule has 0 aliphatic carbocycles. The van der Waals surface area contributed by atoms with E-state index in [9.17, 15) is 14.0 Å². The number of pyridine rings is 1. The third-order valence-corrected chi connectivity index (χ3v) is 3.26. The molecule has 0 saturated carbocycles. The van der Waals surface area contributed by atoms with E-state index < -0.39 is 22.8 Å². The third kappa shape index (κ3) is 2.61. The summed E-state index contributed by atoms with van der Waals surface area (Å²) in [5.74, 6) is -2.04. The number of hydrogen-bond donors (Lipinski definition) is 3. The van der Waals surface area contributed by atoms with Crippen LogP contribution in [-0.2, 0) is 0 Å². The zero-order valence-electron chi connectivity index (χ0n) is 10.1. The van der Waals surface area contributed by atoms with Gasteiger partial charge in [-0.25, -0.2) is 9.18 Å². The van der Waals surface area contributed by atoms with Crippen LogP contribution < -0.4 is 10.9 Å². The summed E-state index contributed by atoms with van der Waals surface area (Å²) >= 11 is 1.84. The highest BCUT2D eigenvalue weighted by molar-refractivity contribution is 14.1. The monoisotopic (exact) mass is 392 g/mol. The van der Waals surface area contributed by atoms with Gasteiger partial charge in [-0.1, -0.05) is 0 Å². The molecular formula is C12H10FIN2O4. The summed E-state index contributed by atoms with van der Waals surface area (Å²) in [5, 5.41) is 17.8. The molecule has 0 spiro atoms. The van der Waals surface area contributed by atoms with Gasteiger partial charge in [0.1, 0.15) is 11.1 Å². The largest absolute Gasteiger partial charge is 0.477 e. The first-order valence-corrected chi connectivity index (χ1v) is 6.66. The van der Waals surface area contributed by atoms with Crippen LogP contribution in [0.1, 0.15) is 10.4 Å². The van der Waals surface area contributed by atoms with Gasteiger partial charge in [-0.3, -0.25) is 9.47 Å². The lowest BCUT2D eigenvalue weighted by atomic mass is 10.1. The summed E-state index contributed by atoms with van der Waals surface area (Å²) in [5.41, 5.74) is 1.38. The normalized spacial score (nSPS) is 10.8. The molecule has 0 amide bonds. The second kappa shape index (κ2) is 5.75. The predicted octanol–water partition coefficient (Wildman–Crippen LogP) is 0.979. The smallest absolute Gasteiger partial charge is 0.341 e. The molecule has 8 heteroatoms. The number of aromatic carboxylic acids is 1. The maximum Gasteiger partial charge on any atom is 0.341 e. The number of rotatable bonds is 4. The number of aliphatic hydroxyl groups excluding tert-OH is 1. The van der Waals surface area contributed by atoms with E-state index in [2.05, 4.69) is 5.43 Å². The number of aromatic nitrogens is 1. The van der Waals surface area contributed by atoms with Crippen LogP contribution in [0.15, 0.2) is 23.1 Å². The zero-order chi connectivity index (χ0) is 14.9. The average Bonchev–Trinajstić information content (AvgIpc) is 2.37. The number of aliphatic hydroxyl groups is 1. The van der Waals surface area contributed by atoms with E-state index in [4.69, 9.17) is 10.2 Å². The Kier molecular flexibility index (Phi) is 4.23. The average molecular weight is 392 g/mol. The quantitative estimate of drug-likeness (QED) is 0.675. The van der Waals surface area contributed by atoms with Crippen LogP contribution in [0.4, 0.5) is 4.39 Å². The zero-order valence-corrected chi connectivity index (χ0v) is 12.2. The molecule has 1 aromatic carbocycles. The Morgan fingerprint density at radius 3 is 2.75 bits per heavy atom. The fourth-order valence-electron chi connectivity index (χ4n) is 1.83. The number of carbonyl (C=O) groups is 1. The van der Waals surface area contributed by atoms with Gasteiger partial charge >= 0.3 is 5.97 Å². The highest BCUT2D eigenvalue weighted by Crippen LogP contribution is 2.19. The Hall–Kier alpha value is -1.68. The third-order valence-electron chi connectivity index (χ3n) is 2.64. The van der Waals surface area contributed by atoms with E-state index in [-0.39, 0.29) is 24.1 Å². The van der Waals surface area contributed by atoms with E-state index in [1.165, 1.54) is 12.1 Å². The van der Waals surface area contributed by atoms with Crippen molar-refractivity contribution in [3.63, 3.8) is 0 Å². The molecule has 2 aromatic rings. The lowest BCUT2D eigenvalue weighted by Crippen LogP contribution is -2.26. The second-order valence-corrected chi connectivity index (χ2v) is 5.21. The highest BCUT2D eigenvalue weighted by atomic mass is 127. The molecule has 0 atom stereocenters. The fraction of sp³-hybridized carbons (Fsp3) is 0.167. The number of benzene rings is 1. The van der Waals surface area contributed by atoms with Gasteiger partial charge in [0.15, 0.2) is 5.82 Å². The van der Waals surface area contributed by atoms with E-state index in [0.717, 1.165) is 10.9 Å². The molecule has 20 heavy (non-hydrogen) atoms. The molecule has 1 aromatic heterocycles. The van der Waals surface area contributed by atoms with Crippen molar-refractivity contribution in [3.8, 4) is 0 Å². The van der Waals surface area contributed by atoms with Gasteiger partial charge in [0.25, 0.3) is 0 Å². The van der Waals surface area contributed by atoms with Gasteiger partial charge in [-0.15, -0.1) is 0 Å². The molecule has 1 heterocycles. The molecular weight excluding hydrogens is 382 g/mol. The number of carboxylic acid groups (broad SMARTS) is 1. The summed E-state index contributed by atoms with van der Waals surface area (Å²) in [4.78, 5) is 23.1. The standard InChI is InChI=1S/C12H10FIN2O4/c13-9-4-6(14)3-7-10(9)16(15-1-2-17)5-8(11(7)18)12(19)20/h3-5,15,17H,1-2H2,(H,19,20). The van der Waals surface area contributed by atoms with Crippen molar-refractivity contribution in [2.75, 3.05) is 18.6 Å². The Bertz CT molecular complexity index is 744. The van der Waals surface area contributed by atoms with E-state index >= 15 is 0 Å². The van der Waals surface area contributed by atoms with E-state index in [1.807, 2.05) is 22.6 Å². The number of fused-ring (bicyclic) bond motifs is 1. The van der Waals surface area contributed by atoms with Gasteiger partial charge in [-0.05, 0) is 34.7 Å². The Morgan fingerprint density at radius 2 is 2.15 bits per heavy atom. The lowest BCUT2D eigenvalue weighted by molar-refractivity contribution is 0.0695. The first kappa shape index (κ1) is 14.7. The number of nitrogens with one attached hydrogen (secondary N) is 1. The minimum absolute atomic E-state index is 0.0280. The predicted molar refractivity (Wildman–Crippen MR) is 79.2 cm³/mol. The van der Waals surface area contributed by atoms with Crippen LogP contribution >= 0.6 is 22.6 Å². The summed E-state index contributed by atoms with van der Waals surface area (Å²) in [6.45, 7) is -0.134. The second-order valence-electron chi connectivity index (χ2n) is 3.96. The van der Waals surface area contributed by atoms with Gasteiger partial charge in [0, 0.05) is 9.77 Å². The van der Waals surface area contributed by atoms with Crippen LogP contribution in [-0.4, -0.2) is 34.0 Å². The van der Waals surface area contributed by atoms with Crippen molar-refractivity contribution in [1.29, 1.82) is 0 Å². The maximum atomic E-state index is 14.0. The molecule has 0 aliphatic heterocycles. The van der Waals surface area contributed by atoms with Crippen molar-refractivity contribution >= 4 is 39.5 Å². The van der Waals surface area contributed by atoms with Crippen LogP contribution in [0.5, 0.6) is 0 Å². The molecule has 0 aliphatic rings. The molecule has 3 N–H and O–H groups in total. The van der Waals surface area contributed by atoms with Gasteiger partial charge in [-0.2, -0.15) is 0 Å². The lowest BCUT2D eigenvalue weighted by Gasteiger charge is -2.14. The van der Waals surface area contributed by atoms with Gasteiger partial charge in [0.05, 0.1) is 18.5 Å². The summed E-state index contributed by atoms with van der Waals surface area (Å²) in [6.07, 6.45) is 1.01. The van der Waals surface area contributed by atoms with Crippen LogP contribution in [0.3, 0.4) is 0 Å². The van der Waals surface area contributed by atoms with Crippen molar-refractivity contribution in [3.05, 3.63) is 43.5 Å². The number of halogens is 2. The fourth-order valence-corrected chi connectivity index (χ4v) is 2.41. The molecule has 2 rings (SSSR count). The number of hydrogen-bond acceptors (Lipinski definition) is 4. The molecule has 0 fully saturated rings. The number of carboxylic acids is 1. The van der Waals surface area contributed by atoms with Crippen molar-refractivity contribution in [2.45, 2.75) is 0 Å². The first-order chi connectivity index (χ1) is 9.45. The Labute approximate surface area is 125 Å². The van der Waals surface area contributed by atoms with Crippen molar-refractivity contribution in [1.82, 2.24) is 4.68 Å². The van der Waals surface area contributed by atoms with Crippen LogP contribution in [0.2, 0.25) is 0 Å². The van der Waals surface area contributed by atoms with Gasteiger partial charge < -0.3 is 15.6 Å². The van der Waals surface area contributed by atoms with Crippen LogP contribution in [0, 0.1) is 9.39 Å². The van der Waals surface area contributed by atoms with E-state index in [0.29, 0.717) is 3.57 Å². The Morgan fingerprint density at radius 1 is 1.45 bits per heavy atom. The summed E-state index contributed by atoms with van der Waals surface area (Å²) in [7, 11) is 0. The highest BCUT2D eigenvalue weighted by Gasteiger charge is 2.17. The van der Waals surface area contributed by atoms with Crippen molar-refractivity contribution < 1.29 is 19.4 Å². The molecule has 106 valence electrons. The van der Waals surface area contributed by atoms with Gasteiger partial charge in [0.2, 0.25) is 5.43 Å². The van der Waals surface area contributed by atoms with Crippen LogP contribution in [0.25, 0.3) is 10.9 Å². The molecule has 0 radical (unpaired) electrons. The topological polar surface area (TPSA) is 91.6 Å². The first-order valence-electron chi connectivity index (χ1n) is 5.58. The SMILES string of the molecule is O=C(O)c1cn(NCCO)c2c(F)cc(I)cc2c1=O. The maximum absolute atomic E-state index is 14.0.